The highest BCUT2D eigenvalue weighted by Crippen LogP contribution is 2.22. The fourth-order valence-electron chi connectivity index (χ4n) is 1.69. The van der Waals surface area contributed by atoms with Crippen molar-refractivity contribution in [3.63, 3.8) is 0 Å². The molecule has 1 unspecified atom stereocenters. The molecule has 0 heterocycles. The van der Waals surface area contributed by atoms with Gasteiger partial charge in [-0.05, 0) is 25.4 Å². The van der Waals surface area contributed by atoms with Crippen LogP contribution in [0.5, 0.6) is 0 Å². The topological polar surface area (TPSA) is 32.3 Å². The van der Waals surface area contributed by atoms with Crippen molar-refractivity contribution in [2.45, 2.75) is 47.7 Å². The van der Waals surface area contributed by atoms with Gasteiger partial charge in [0.05, 0.1) is 6.17 Å². The first-order valence-corrected chi connectivity index (χ1v) is 5.94. The van der Waals surface area contributed by atoms with Gasteiger partial charge in [-0.2, -0.15) is 0 Å². The van der Waals surface area contributed by atoms with Gasteiger partial charge in [-0.25, -0.2) is 0 Å². The van der Waals surface area contributed by atoms with Crippen molar-refractivity contribution in [1.29, 1.82) is 0 Å². The van der Waals surface area contributed by atoms with E-state index in [2.05, 4.69) is 51.4 Å². The third-order valence-electron chi connectivity index (χ3n) is 2.65. The van der Waals surface area contributed by atoms with Crippen LogP contribution >= 0.6 is 0 Å². The van der Waals surface area contributed by atoms with Gasteiger partial charge in [-0.3, -0.25) is 9.69 Å². The zero-order valence-corrected chi connectivity index (χ0v) is 11.6. The number of hydrogen-bond acceptors (Lipinski definition) is 2. The van der Waals surface area contributed by atoms with E-state index < -0.39 is 0 Å². The Hall–Kier alpha value is -0.830. The van der Waals surface area contributed by atoms with E-state index in [1.807, 2.05) is 0 Å². The second kappa shape index (κ2) is 6.04. The van der Waals surface area contributed by atoms with E-state index in [1.54, 1.807) is 6.92 Å². The number of amides is 1. The number of carbonyl (C=O) groups is 1. The van der Waals surface area contributed by atoms with Gasteiger partial charge in [-0.15, -0.1) is 0 Å². The first-order valence-electron chi connectivity index (χ1n) is 5.94. The number of carbonyl (C=O) groups excluding carboxylic acids is 1. The van der Waals surface area contributed by atoms with Crippen molar-refractivity contribution >= 4 is 5.91 Å². The summed E-state index contributed by atoms with van der Waals surface area (Å²) in [6.07, 6.45) is 0.0479. The van der Waals surface area contributed by atoms with Crippen molar-refractivity contribution in [2.75, 3.05) is 13.1 Å². The molecule has 0 saturated heterocycles. The largest absolute Gasteiger partial charge is 0.336 e. The van der Waals surface area contributed by atoms with Crippen LogP contribution in [0.1, 0.15) is 41.5 Å². The van der Waals surface area contributed by atoms with Crippen LogP contribution in [-0.4, -0.2) is 30.1 Å². The van der Waals surface area contributed by atoms with Gasteiger partial charge in [-0.1, -0.05) is 41.2 Å². The smallest absolute Gasteiger partial charge is 0.247 e. The highest BCUT2D eigenvalue weighted by atomic mass is 16.1. The summed E-state index contributed by atoms with van der Waals surface area (Å²) in [5.41, 5.74) is 0.568. The van der Waals surface area contributed by atoms with E-state index in [9.17, 15) is 4.79 Å². The molecule has 0 aromatic carbocycles. The standard InChI is InChI=1S/C13H26N2O/c1-8-15(9-2)12(13(5,6)7)14-11(16)10(3)4/h12H,3,8-9H2,1-2,4-7H3,(H,14,16). The van der Waals surface area contributed by atoms with Crippen molar-refractivity contribution in [3.8, 4) is 0 Å². The van der Waals surface area contributed by atoms with Crippen LogP contribution in [0.2, 0.25) is 0 Å². The normalized spacial score (nSPS) is 13.7. The Kier molecular flexibility index (Phi) is 5.73. The van der Waals surface area contributed by atoms with Gasteiger partial charge >= 0.3 is 0 Å². The second-order valence-corrected chi connectivity index (χ2v) is 5.24. The van der Waals surface area contributed by atoms with Crippen LogP contribution in [0, 0.1) is 5.41 Å². The Labute approximate surface area is 99.9 Å². The number of rotatable bonds is 5. The minimum absolute atomic E-state index is 0.0110. The third-order valence-corrected chi connectivity index (χ3v) is 2.65. The van der Waals surface area contributed by atoms with Gasteiger partial charge in [0.2, 0.25) is 5.91 Å². The molecule has 0 aliphatic carbocycles. The second-order valence-electron chi connectivity index (χ2n) is 5.24. The summed E-state index contributed by atoms with van der Waals surface area (Å²) in [5.74, 6) is -0.0631. The molecule has 0 aliphatic rings. The molecule has 0 bridgehead atoms. The molecule has 3 heteroatoms. The van der Waals surface area contributed by atoms with E-state index in [1.165, 1.54) is 0 Å². The highest BCUT2D eigenvalue weighted by Gasteiger charge is 2.30. The third kappa shape index (κ3) is 4.35. The summed E-state index contributed by atoms with van der Waals surface area (Å²) < 4.78 is 0. The molecule has 16 heavy (non-hydrogen) atoms. The summed E-state index contributed by atoms with van der Waals surface area (Å²) in [4.78, 5) is 13.9. The van der Waals surface area contributed by atoms with Crippen LogP contribution in [0.3, 0.4) is 0 Å². The fraction of sp³-hybridized carbons (Fsp3) is 0.769. The van der Waals surface area contributed by atoms with Crippen LogP contribution < -0.4 is 5.32 Å². The molecule has 3 nitrogen and oxygen atoms in total. The van der Waals surface area contributed by atoms with Crippen molar-refractivity contribution in [2.24, 2.45) is 5.41 Å². The molecule has 0 radical (unpaired) electrons. The maximum atomic E-state index is 11.7. The van der Waals surface area contributed by atoms with E-state index in [0.29, 0.717) is 5.57 Å². The molecule has 0 fully saturated rings. The highest BCUT2D eigenvalue weighted by molar-refractivity contribution is 5.92. The first kappa shape index (κ1) is 15.2. The van der Waals surface area contributed by atoms with Crippen LogP contribution in [-0.2, 0) is 4.79 Å². The van der Waals surface area contributed by atoms with Crippen molar-refractivity contribution < 1.29 is 4.79 Å². The molecule has 0 aromatic rings. The summed E-state index contributed by atoms with van der Waals surface area (Å²) >= 11 is 0. The predicted octanol–water partition coefficient (Wildman–Crippen LogP) is 2.39. The Morgan fingerprint density at radius 3 is 2.00 bits per heavy atom. The van der Waals surface area contributed by atoms with Crippen molar-refractivity contribution in [1.82, 2.24) is 10.2 Å². The Balaban J connectivity index is 4.82. The van der Waals surface area contributed by atoms with Crippen LogP contribution in [0.4, 0.5) is 0 Å². The molecular weight excluding hydrogens is 200 g/mol. The predicted molar refractivity (Wildman–Crippen MR) is 69.1 cm³/mol. The lowest BCUT2D eigenvalue weighted by Crippen LogP contribution is -2.55. The zero-order chi connectivity index (χ0) is 12.9. The SMILES string of the molecule is C=C(C)C(=O)NC(N(CC)CC)C(C)(C)C. The lowest BCUT2D eigenvalue weighted by Gasteiger charge is -2.39. The molecule has 94 valence electrons. The van der Waals surface area contributed by atoms with Gasteiger partial charge in [0.25, 0.3) is 0 Å². The summed E-state index contributed by atoms with van der Waals surface area (Å²) in [5, 5.41) is 3.05. The Morgan fingerprint density at radius 2 is 1.75 bits per heavy atom. The van der Waals surface area contributed by atoms with E-state index in [4.69, 9.17) is 0 Å². The molecule has 0 aromatic heterocycles. The van der Waals surface area contributed by atoms with Gasteiger partial charge in [0.1, 0.15) is 0 Å². The van der Waals surface area contributed by atoms with Crippen LogP contribution in [0.25, 0.3) is 0 Å². The van der Waals surface area contributed by atoms with Crippen LogP contribution in [0.15, 0.2) is 12.2 Å². The average Bonchev–Trinajstić information content (AvgIpc) is 2.16. The summed E-state index contributed by atoms with van der Waals surface area (Å²) in [7, 11) is 0. The molecule has 0 rings (SSSR count). The fourth-order valence-corrected chi connectivity index (χ4v) is 1.69. The van der Waals surface area contributed by atoms with E-state index in [-0.39, 0.29) is 17.5 Å². The van der Waals surface area contributed by atoms with Crippen molar-refractivity contribution in [3.05, 3.63) is 12.2 Å². The average molecular weight is 226 g/mol. The molecule has 1 amide bonds. The minimum atomic E-state index is -0.0631. The molecule has 1 atom stereocenters. The Morgan fingerprint density at radius 1 is 1.31 bits per heavy atom. The molecule has 1 N–H and O–H groups in total. The zero-order valence-electron chi connectivity index (χ0n) is 11.6. The molecular formula is C13H26N2O. The number of hydrogen-bond donors (Lipinski definition) is 1. The van der Waals surface area contributed by atoms with Gasteiger partial charge in [0.15, 0.2) is 0 Å². The van der Waals surface area contributed by atoms with Gasteiger partial charge < -0.3 is 5.32 Å². The Bertz CT molecular complexity index is 249. The lowest BCUT2D eigenvalue weighted by atomic mass is 9.90. The maximum Gasteiger partial charge on any atom is 0.247 e. The lowest BCUT2D eigenvalue weighted by molar-refractivity contribution is -0.120. The van der Waals surface area contributed by atoms with E-state index >= 15 is 0 Å². The molecule has 0 aliphatic heterocycles. The number of nitrogens with one attached hydrogen (secondary N) is 1. The molecule has 0 spiro atoms. The summed E-state index contributed by atoms with van der Waals surface area (Å²) in [6, 6.07) is 0. The van der Waals surface area contributed by atoms with Gasteiger partial charge in [0, 0.05) is 5.57 Å². The number of nitrogens with zero attached hydrogens (tertiary/aromatic N) is 1. The molecule has 0 saturated carbocycles. The minimum Gasteiger partial charge on any atom is -0.336 e. The van der Waals surface area contributed by atoms with E-state index in [0.717, 1.165) is 13.1 Å². The first-order chi connectivity index (χ1) is 7.23. The maximum absolute atomic E-state index is 11.7. The quantitative estimate of drug-likeness (QED) is 0.576. The monoisotopic (exact) mass is 226 g/mol. The summed E-state index contributed by atoms with van der Waals surface area (Å²) in [6.45, 7) is 17.9.